The van der Waals surface area contributed by atoms with Gasteiger partial charge < -0.3 is 10.6 Å². The van der Waals surface area contributed by atoms with Crippen molar-refractivity contribution in [3.63, 3.8) is 0 Å². The summed E-state index contributed by atoms with van der Waals surface area (Å²) >= 11 is 11.1. The fourth-order valence-electron chi connectivity index (χ4n) is 2.80. The molecule has 0 amide bonds. The van der Waals surface area contributed by atoms with Crippen LogP contribution in [0.5, 0.6) is 0 Å². The van der Waals surface area contributed by atoms with Gasteiger partial charge in [0.2, 0.25) is 0 Å². The molecule has 0 aromatic heterocycles. The molecule has 0 radical (unpaired) electrons. The number of benzene rings is 2. The average Bonchev–Trinajstić information content (AvgIpc) is 2.51. The zero-order chi connectivity index (χ0) is 15.5. The third kappa shape index (κ3) is 3.39. The van der Waals surface area contributed by atoms with Crippen LogP contribution in [0.15, 0.2) is 42.5 Å². The Morgan fingerprint density at radius 1 is 1.23 bits per heavy atom. The molecule has 0 unspecified atom stereocenters. The van der Waals surface area contributed by atoms with E-state index in [-0.39, 0.29) is 11.1 Å². The lowest BCUT2D eigenvalue weighted by molar-refractivity contribution is 0.529. The van der Waals surface area contributed by atoms with E-state index in [9.17, 15) is 4.39 Å². The number of hydrogen-bond acceptors (Lipinski definition) is 1. The van der Waals surface area contributed by atoms with Crippen molar-refractivity contribution in [3.05, 3.63) is 64.4 Å². The molecule has 0 saturated heterocycles. The maximum absolute atomic E-state index is 13.2. The number of fused-ring (bicyclic) bond motifs is 1. The molecule has 22 heavy (non-hydrogen) atoms. The lowest BCUT2D eigenvalue weighted by atomic mass is 9.88. The summed E-state index contributed by atoms with van der Waals surface area (Å²) in [5.74, 6) is -0.438. The Hall–Kier alpha value is -1.65. The molecule has 1 aliphatic rings. The summed E-state index contributed by atoms with van der Waals surface area (Å²) in [6, 6.07) is 13.1. The zero-order valence-corrected chi connectivity index (χ0v) is 13.5. The predicted octanol–water partition coefficient (Wildman–Crippen LogP) is 4.84. The van der Waals surface area contributed by atoms with Gasteiger partial charge in [0, 0.05) is 5.69 Å². The van der Waals surface area contributed by atoms with E-state index in [1.165, 1.54) is 23.3 Å². The van der Waals surface area contributed by atoms with Crippen LogP contribution < -0.4 is 10.6 Å². The maximum Gasteiger partial charge on any atom is 0.171 e. The Bertz CT molecular complexity index is 705. The number of anilines is 1. The number of rotatable bonds is 2. The van der Waals surface area contributed by atoms with Gasteiger partial charge in [0.05, 0.1) is 11.1 Å². The third-order valence-corrected chi connectivity index (χ3v) is 4.36. The molecule has 0 saturated carbocycles. The van der Waals surface area contributed by atoms with Gasteiger partial charge in [-0.05, 0) is 60.8 Å². The number of nitrogens with one attached hydrogen (secondary N) is 2. The molecule has 0 spiro atoms. The van der Waals surface area contributed by atoms with Crippen molar-refractivity contribution in [3.8, 4) is 0 Å². The Kier molecular flexibility index (Phi) is 4.60. The molecular formula is C17H16ClFN2S. The largest absolute Gasteiger partial charge is 0.356 e. The first kappa shape index (κ1) is 15.3. The van der Waals surface area contributed by atoms with Crippen molar-refractivity contribution in [2.45, 2.75) is 25.3 Å². The van der Waals surface area contributed by atoms with Crippen molar-refractivity contribution in [1.82, 2.24) is 5.32 Å². The van der Waals surface area contributed by atoms with E-state index in [0.29, 0.717) is 10.8 Å². The van der Waals surface area contributed by atoms with Gasteiger partial charge in [-0.2, -0.15) is 0 Å². The third-order valence-electron chi connectivity index (χ3n) is 3.85. The molecule has 5 heteroatoms. The Balaban J connectivity index is 1.69. The molecule has 114 valence electrons. The van der Waals surface area contributed by atoms with Crippen molar-refractivity contribution in [2.24, 2.45) is 0 Å². The van der Waals surface area contributed by atoms with E-state index < -0.39 is 5.82 Å². The van der Waals surface area contributed by atoms with Gasteiger partial charge in [-0.15, -0.1) is 0 Å². The Labute approximate surface area is 139 Å². The SMILES string of the molecule is Fc1ccc(NC(=S)N[C@@H]2CCCc3ccccc32)cc1Cl. The number of halogens is 2. The fourth-order valence-corrected chi connectivity index (χ4v) is 3.24. The highest BCUT2D eigenvalue weighted by atomic mass is 35.5. The van der Waals surface area contributed by atoms with Crippen molar-refractivity contribution in [2.75, 3.05) is 5.32 Å². The first-order valence-corrected chi connectivity index (χ1v) is 8.02. The molecule has 2 nitrogen and oxygen atoms in total. The van der Waals surface area contributed by atoms with Crippen LogP contribution >= 0.6 is 23.8 Å². The van der Waals surface area contributed by atoms with Gasteiger partial charge in [0.15, 0.2) is 5.11 Å². The molecule has 2 aromatic rings. The summed E-state index contributed by atoms with van der Waals surface area (Å²) < 4.78 is 13.2. The van der Waals surface area contributed by atoms with Crippen LogP contribution in [0, 0.1) is 5.82 Å². The van der Waals surface area contributed by atoms with E-state index in [2.05, 4.69) is 34.9 Å². The summed E-state index contributed by atoms with van der Waals surface area (Å²) in [7, 11) is 0. The van der Waals surface area contributed by atoms with Gasteiger partial charge in [0.1, 0.15) is 5.82 Å². The standard InChI is InChI=1S/C17H16ClFN2S/c18-14-10-12(8-9-15(14)19)20-17(22)21-16-7-3-5-11-4-1-2-6-13(11)16/h1-2,4,6,8-10,16H,3,5,7H2,(H2,20,21,22)/t16-/m1/s1. The summed E-state index contributed by atoms with van der Waals surface area (Å²) in [6.07, 6.45) is 3.30. The normalized spacial score (nSPS) is 16.7. The second-order valence-corrected chi connectivity index (χ2v) is 6.19. The average molecular weight is 335 g/mol. The minimum absolute atomic E-state index is 0.0795. The van der Waals surface area contributed by atoms with Crippen molar-refractivity contribution < 1.29 is 4.39 Å². The first-order valence-electron chi connectivity index (χ1n) is 7.24. The van der Waals surface area contributed by atoms with E-state index in [1.807, 2.05) is 0 Å². The van der Waals surface area contributed by atoms with Crippen LogP contribution in [0.2, 0.25) is 5.02 Å². The molecule has 2 N–H and O–H groups in total. The van der Waals surface area contributed by atoms with Gasteiger partial charge >= 0.3 is 0 Å². The maximum atomic E-state index is 13.2. The topological polar surface area (TPSA) is 24.1 Å². The first-order chi connectivity index (χ1) is 10.6. The highest BCUT2D eigenvalue weighted by Gasteiger charge is 2.20. The molecule has 1 aliphatic carbocycles. The van der Waals surface area contributed by atoms with Crippen molar-refractivity contribution in [1.29, 1.82) is 0 Å². The number of thiocarbonyl (C=S) groups is 1. The Morgan fingerprint density at radius 3 is 2.86 bits per heavy atom. The molecule has 3 rings (SSSR count). The molecule has 1 atom stereocenters. The van der Waals surface area contributed by atoms with Crippen LogP contribution in [0.25, 0.3) is 0 Å². The molecule has 0 bridgehead atoms. The monoisotopic (exact) mass is 334 g/mol. The number of aryl methyl sites for hydroxylation is 1. The van der Waals surface area contributed by atoms with Crippen LogP contribution in [0.1, 0.15) is 30.0 Å². The summed E-state index contributed by atoms with van der Waals surface area (Å²) in [4.78, 5) is 0. The van der Waals surface area contributed by atoms with Crippen molar-refractivity contribution >= 4 is 34.6 Å². The lowest BCUT2D eigenvalue weighted by Gasteiger charge is -2.27. The fraction of sp³-hybridized carbons (Fsp3) is 0.235. The van der Waals surface area contributed by atoms with E-state index in [1.54, 1.807) is 6.07 Å². The van der Waals surface area contributed by atoms with E-state index in [4.69, 9.17) is 23.8 Å². The van der Waals surface area contributed by atoms with Crippen LogP contribution in [-0.4, -0.2) is 5.11 Å². The predicted molar refractivity (Wildman–Crippen MR) is 92.9 cm³/mol. The molecular weight excluding hydrogens is 319 g/mol. The second kappa shape index (κ2) is 6.63. The summed E-state index contributed by atoms with van der Waals surface area (Å²) in [5.41, 5.74) is 3.35. The lowest BCUT2D eigenvalue weighted by Crippen LogP contribution is -2.34. The second-order valence-electron chi connectivity index (χ2n) is 5.37. The molecule has 0 aliphatic heterocycles. The van der Waals surface area contributed by atoms with E-state index >= 15 is 0 Å². The Morgan fingerprint density at radius 2 is 2.05 bits per heavy atom. The zero-order valence-electron chi connectivity index (χ0n) is 11.9. The highest BCUT2D eigenvalue weighted by Crippen LogP contribution is 2.29. The molecule has 2 aromatic carbocycles. The highest BCUT2D eigenvalue weighted by molar-refractivity contribution is 7.80. The molecule has 0 heterocycles. The number of hydrogen-bond donors (Lipinski definition) is 2. The summed E-state index contributed by atoms with van der Waals surface area (Å²) in [6.45, 7) is 0. The summed E-state index contributed by atoms with van der Waals surface area (Å²) in [5, 5.41) is 7.00. The minimum atomic E-state index is -0.438. The minimum Gasteiger partial charge on any atom is -0.356 e. The molecule has 0 fully saturated rings. The quantitative estimate of drug-likeness (QED) is 0.768. The van der Waals surface area contributed by atoms with Gasteiger partial charge in [-0.1, -0.05) is 35.9 Å². The van der Waals surface area contributed by atoms with Crippen LogP contribution in [-0.2, 0) is 6.42 Å². The van der Waals surface area contributed by atoms with Gasteiger partial charge in [-0.25, -0.2) is 4.39 Å². The van der Waals surface area contributed by atoms with E-state index in [0.717, 1.165) is 19.3 Å². The van der Waals surface area contributed by atoms with Gasteiger partial charge in [-0.3, -0.25) is 0 Å². The van der Waals surface area contributed by atoms with Gasteiger partial charge in [0.25, 0.3) is 0 Å². The van der Waals surface area contributed by atoms with Crippen LogP contribution in [0.4, 0.5) is 10.1 Å². The smallest absolute Gasteiger partial charge is 0.171 e. The van der Waals surface area contributed by atoms with Crippen LogP contribution in [0.3, 0.4) is 0 Å².